The summed E-state index contributed by atoms with van der Waals surface area (Å²) in [7, 11) is 0. The first-order valence-corrected chi connectivity index (χ1v) is 9.67. The molecule has 10 heteroatoms. The molecule has 2 N–H and O–H groups in total. The molecule has 0 aliphatic carbocycles. The number of halogens is 2. The quantitative estimate of drug-likeness (QED) is 0.668. The van der Waals surface area contributed by atoms with E-state index in [2.05, 4.69) is 27.3 Å². The Balaban J connectivity index is 1.68. The highest BCUT2D eigenvalue weighted by Gasteiger charge is 2.29. The molecule has 1 amide bonds. The molecule has 3 aromatic rings. The normalized spacial score (nSPS) is 19.2. The van der Waals surface area contributed by atoms with Gasteiger partial charge in [0.2, 0.25) is 5.91 Å². The Morgan fingerprint density at radius 2 is 2.27 bits per heavy atom. The summed E-state index contributed by atoms with van der Waals surface area (Å²) >= 11 is 0. The number of piperidine rings is 1. The Labute approximate surface area is 171 Å². The van der Waals surface area contributed by atoms with Crippen molar-refractivity contribution in [3.05, 3.63) is 30.7 Å². The average Bonchev–Trinajstić information content (AvgIpc) is 3.38. The largest absolute Gasteiger partial charge is 0.379 e. The Morgan fingerprint density at radius 3 is 3.00 bits per heavy atom. The molecular weight excluding hydrogens is 392 g/mol. The van der Waals surface area contributed by atoms with Gasteiger partial charge in [-0.2, -0.15) is 19.1 Å². The topological polar surface area (TPSA) is 103 Å². The number of nitrogens with zero attached hydrogens (tertiary/aromatic N) is 5. The maximum Gasteiger partial charge on any atom is 0.333 e. The van der Waals surface area contributed by atoms with Crippen LogP contribution in [0.4, 0.5) is 14.5 Å². The molecule has 0 unspecified atom stereocenters. The number of fused-ring (bicyclic) bond motifs is 1. The number of aromatic nitrogens is 4. The molecule has 0 saturated carbocycles. The summed E-state index contributed by atoms with van der Waals surface area (Å²) in [6.07, 6.45) is 5.28. The molecule has 0 radical (unpaired) electrons. The van der Waals surface area contributed by atoms with Gasteiger partial charge in [-0.15, -0.1) is 0 Å². The lowest BCUT2D eigenvalue weighted by Gasteiger charge is -2.37. The van der Waals surface area contributed by atoms with Crippen molar-refractivity contribution in [1.82, 2.24) is 24.6 Å². The summed E-state index contributed by atoms with van der Waals surface area (Å²) in [4.78, 5) is 21.4. The minimum absolute atomic E-state index is 0.0622. The van der Waals surface area contributed by atoms with Gasteiger partial charge >= 0.3 is 6.55 Å². The summed E-state index contributed by atoms with van der Waals surface area (Å²) in [6, 6.07) is 5.24. The molecule has 1 fully saturated rings. The van der Waals surface area contributed by atoms with Gasteiger partial charge in [0.15, 0.2) is 0 Å². The molecular formula is C20H21F2N7O. The molecule has 2 atom stereocenters. The van der Waals surface area contributed by atoms with Crippen molar-refractivity contribution in [3.63, 3.8) is 0 Å². The van der Waals surface area contributed by atoms with Crippen molar-refractivity contribution < 1.29 is 13.6 Å². The average molecular weight is 413 g/mol. The molecule has 0 spiro atoms. The highest BCUT2D eigenvalue weighted by molar-refractivity contribution is 5.97. The van der Waals surface area contributed by atoms with Crippen LogP contribution in [-0.4, -0.2) is 49.7 Å². The Kier molecular flexibility index (Phi) is 5.35. The van der Waals surface area contributed by atoms with Crippen LogP contribution < -0.4 is 5.32 Å². The number of amides is 1. The summed E-state index contributed by atoms with van der Waals surface area (Å²) < 4.78 is 26.6. The smallest absolute Gasteiger partial charge is 0.333 e. The van der Waals surface area contributed by atoms with Crippen molar-refractivity contribution in [3.8, 4) is 17.3 Å². The third-order valence-electron chi connectivity index (χ3n) is 5.26. The predicted octanol–water partition coefficient (Wildman–Crippen LogP) is 3.38. The van der Waals surface area contributed by atoms with Crippen molar-refractivity contribution in [1.29, 1.82) is 5.26 Å². The Bertz CT molecular complexity index is 1100. The number of nitrogens with one attached hydrogen (secondary N) is 2. The fourth-order valence-electron chi connectivity index (χ4n) is 3.99. The van der Waals surface area contributed by atoms with Crippen LogP contribution in [0.2, 0.25) is 0 Å². The first kappa shape index (κ1) is 19.8. The number of anilines is 1. The lowest BCUT2D eigenvalue weighted by atomic mass is 9.95. The van der Waals surface area contributed by atoms with E-state index in [0.717, 1.165) is 17.5 Å². The molecule has 0 aromatic carbocycles. The van der Waals surface area contributed by atoms with Gasteiger partial charge in [0.1, 0.15) is 12.1 Å². The van der Waals surface area contributed by atoms with Crippen LogP contribution in [0, 0.1) is 17.2 Å². The monoisotopic (exact) mass is 413 g/mol. The maximum atomic E-state index is 13.0. The van der Waals surface area contributed by atoms with E-state index in [-0.39, 0.29) is 24.3 Å². The molecule has 156 valence electrons. The number of nitriles is 1. The molecule has 30 heavy (non-hydrogen) atoms. The molecule has 3 aromatic heterocycles. The zero-order valence-corrected chi connectivity index (χ0v) is 16.3. The highest BCUT2D eigenvalue weighted by Crippen LogP contribution is 2.34. The standard InChI is InChI=1S/C20H21F2N7O/c1-12-8-13(11-28(10-12)17(30)2-5-23)26-18-14-3-6-24-19(14)25-9-15(18)16-4-7-29(27-16)20(21)22/h3-4,6-7,9,12-13,20H,2,8,10-11H2,1H3,(H2,24,25,26)/t12-,13+/m0/s1. The van der Waals surface area contributed by atoms with Gasteiger partial charge in [-0.1, -0.05) is 6.92 Å². The van der Waals surface area contributed by atoms with Crippen LogP contribution in [0.25, 0.3) is 22.3 Å². The van der Waals surface area contributed by atoms with Crippen LogP contribution in [0.3, 0.4) is 0 Å². The van der Waals surface area contributed by atoms with Crippen molar-refractivity contribution >= 4 is 22.6 Å². The second kappa shape index (κ2) is 8.10. The second-order valence-corrected chi connectivity index (χ2v) is 7.56. The third-order valence-corrected chi connectivity index (χ3v) is 5.26. The highest BCUT2D eigenvalue weighted by atomic mass is 19.3. The van der Waals surface area contributed by atoms with Crippen LogP contribution in [-0.2, 0) is 4.79 Å². The number of hydrogen-bond donors (Lipinski definition) is 2. The lowest BCUT2D eigenvalue weighted by molar-refractivity contribution is -0.132. The summed E-state index contributed by atoms with van der Waals surface area (Å²) in [6.45, 7) is 0.409. The Morgan fingerprint density at radius 1 is 1.43 bits per heavy atom. The maximum absolute atomic E-state index is 13.0. The van der Waals surface area contributed by atoms with E-state index in [4.69, 9.17) is 5.26 Å². The van der Waals surface area contributed by atoms with E-state index in [0.29, 0.717) is 34.7 Å². The number of alkyl halides is 2. The predicted molar refractivity (Wildman–Crippen MR) is 107 cm³/mol. The number of hydrogen-bond acceptors (Lipinski definition) is 5. The van der Waals surface area contributed by atoms with E-state index < -0.39 is 6.55 Å². The van der Waals surface area contributed by atoms with E-state index in [1.165, 1.54) is 12.3 Å². The first-order valence-electron chi connectivity index (χ1n) is 9.67. The fourth-order valence-corrected chi connectivity index (χ4v) is 3.99. The van der Waals surface area contributed by atoms with E-state index in [9.17, 15) is 13.6 Å². The van der Waals surface area contributed by atoms with Crippen LogP contribution in [0.5, 0.6) is 0 Å². The van der Waals surface area contributed by atoms with Crippen molar-refractivity contribution in [2.75, 3.05) is 18.4 Å². The third kappa shape index (κ3) is 3.83. The minimum Gasteiger partial charge on any atom is -0.379 e. The minimum atomic E-state index is -2.72. The van der Waals surface area contributed by atoms with Crippen molar-refractivity contribution in [2.24, 2.45) is 5.92 Å². The number of aromatic amines is 1. The van der Waals surface area contributed by atoms with Gasteiger partial charge in [0.25, 0.3) is 0 Å². The SMILES string of the molecule is C[C@H]1C[C@@H](Nc2c(-c3ccn(C(F)F)n3)cnc3[nH]ccc23)CN(C(=O)CC#N)C1. The zero-order valence-electron chi connectivity index (χ0n) is 16.3. The summed E-state index contributed by atoms with van der Waals surface area (Å²) in [5, 5.41) is 17.1. The molecule has 4 heterocycles. The van der Waals surface area contributed by atoms with Gasteiger partial charge in [-0.3, -0.25) is 4.79 Å². The molecule has 1 saturated heterocycles. The number of H-pyrrole nitrogens is 1. The van der Waals surface area contributed by atoms with Crippen LogP contribution in [0.15, 0.2) is 30.7 Å². The van der Waals surface area contributed by atoms with E-state index >= 15 is 0 Å². The summed E-state index contributed by atoms with van der Waals surface area (Å²) in [5.41, 5.74) is 2.38. The molecule has 1 aliphatic rings. The number of pyridine rings is 1. The lowest BCUT2D eigenvalue weighted by Crippen LogP contribution is -2.48. The zero-order chi connectivity index (χ0) is 21.3. The van der Waals surface area contributed by atoms with Gasteiger partial charge in [-0.25, -0.2) is 9.67 Å². The Hall–Kier alpha value is -3.48. The number of rotatable bonds is 5. The van der Waals surface area contributed by atoms with E-state index in [1.54, 1.807) is 17.3 Å². The first-order chi connectivity index (χ1) is 14.5. The van der Waals surface area contributed by atoms with Gasteiger partial charge in [0, 0.05) is 48.7 Å². The number of carbonyl (C=O) groups excluding carboxylic acids is 1. The number of carbonyl (C=O) groups is 1. The van der Waals surface area contributed by atoms with Gasteiger partial charge < -0.3 is 15.2 Å². The van der Waals surface area contributed by atoms with Crippen LogP contribution >= 0.6 is 0 Å². The fraction of sp³-hybridized carbons (Fsp3) is 0.400. The molecule has 8 nitrogen and oxygen atoms in total. The molecule has 4 rings (SSSR count). The van der Waals surface area contributed by atoms with Gasteiger partial charge in [-0.05, 0) is 24.5 Å². The summed E-state index contributed by atoms with van der Waals surface area (Å²) in [5.74, 6) is 0.0669. The van der Waals surface area contributed by atoms with Crippen LogP contribution in [0.1, 0.15) is 26.3 Å². The number of likely N-dealkylation sites (tertiary alicyclic amines) is 1. The van der Waals surface area contributed by atoms with Crippen molar-refractivity contribution in [2.45, 2.75) is 32.4 Å². The van der Waals surface area contributed by atoms with E-state index in [1.807, 2.05) is 12.1 Å². The second-order valence-electron chi connectivity index (χ2n) is 7.56. The molecule has 1 aliphatic heterocycles. The van der Waals surface area contributed by atoms with Gasteiger partial charge in [0.05, 0.1) is 17.5 Å². The molecule has 0 bridgehead atoms.